The van der Waals surface area contributed by atoms with Crippen LogP contribution in [0.4, 0.5) is 0 Å². The Morgan fingerprint density at radius 2 is 1.36 bits per heavy atom. The van der Waals surface area contributed by atoms with Crippen molar-refractivity contribution in [2.45, 2.75) is 51.4 Å². The Kier molecular flexibility index (Phi) is 14.0. The topological polar surface area (TPSA) is 0 Å². The number of hydrogen-bond acceptors (Lipinski definition) is 0. The predicted octanol–water partition coefficient (Wildman–Crippen LogP) is 5.30. The van der Waals surface area contributed by atoms with Crippen molar-refractivity contribution >= 4 is 27.5 Å². The van der Waals surface area contributed by atoms with Crippen molar-refractivity contribution in [1.29, 1.82) is 0 Å². The van der Waals surface area contributed by atoms with Gasteiger partial charge < -0.3 is 0 Å². The van der Waals surface area contributed by atoms with Gasteiger partial charge in [-0.2, -0.15) is 0 Å². The van der Waals surface area contributed by atoms with Crippen LogP contribution in [0.25, 0.3) is 0 Å². The molecule has 0 bridgehead atoms. The van der Waals surface area contributed by atoms with Crippen LogP contribution in [0, 0.1) is 0 Å². The van der Waals surface area contributed by atoms with Gasteiger partial charge in [0.1, 0.15) is 0 Å². The maximum absolute atomic E-state index is 5.60. The summed E-state index contributed by atoms with van der Waals surface area (Å²) >= 11 is 8.97. The van der Waals surface area contributed by atoms with Crippen molar-refractivity contribution in [3.8, 4) is 0 Å². The van der Waals surface area contributed by atoms with E-state index < -0.39 is 0 Å². The van der Waals surface area contributed by atoms with E-state index in [0.29, 0.717) is 0 Å². The van der Waals surface area contributed by atoms with Gasteiger partial charge in [-0.25, -0.2) is 0 Å². The number of halogens is 2. The molecule has 0 aromatic carbocycles. The molecule has 0 N–H and O–H groups in total. The molecule has 14 heavy (non-hydrogen) atoms. The second-order valence-electron chi connectivity index (χ2n) is 3.58. The molecular weight excluding hydrogens is 259 g/mol. The van der Waals surface area contributed by atoms with Gasteiger partial charge in [-0.05, 0) is 19.3 Å². The molecule has 0 radical (unpaired) electrons. The first-order valence-electron chi connectivity index (χ1n) is 5.68. The van der Waals surface area contributed by atoms with Crippen molar-refractivity contribution in [2.75, 3.05) is 11.2 Å². The molecule has 0 heterocycles. The van der Waals surface area contributed by atoms with Crippen LogP contribution in [-0.2, 0) is 0 Å². The molecule has 0 nitrogen and oxygen atoms in total. The van der Waals surface area contributed by atoms with Crippen LogP contribution in [0.5, 0.6) is 0 Å². The summed E-state index contributed by atoms with van der Waals surface area (Å²) in [6, 6.07) is 0. The Bertz CT molecular complexity index is 123. The van der Waals surface area contributed by atoms with Crippen LogP contribution >= 0.6 is 27.5 Å². The average Bonchev–Trinajstić information content (AvgIpc) is 2.21. The molecule has 0 saturated heterocycles. The zero-order chi connectivity index (χ0) is 10.5. The summed E-state index contributed by atoms with van der Waals surface area (Å²) in [4.78, 5) is 0. The van der Waals surface area contributed by atoms with Crippen LogP contribution in [0.1, 0.15) is 51.4 Å². The molecule has 0 unspecified atom stereocenters. The third-order valence-corrected chi connectivity index (χ3v) is 2.90. The molecule has 0 aromatic heterocycles. The molecule has 0 aliphatic carbocycles. The van der Waals surface area contributed by atoms with Gasteiger partial charge in [-0.1, -0.05) is 60.2 Å². The van der Waals surface area contributed by atoms with Gasteiger partial charge in [0.25, 0.3) is 0 Å². The number of alkyl halides is 2. The zero-order valence-corrected chi connectivity index (χ0v) is 11.3. The normalized spacial score (nSPS) is 11.3. The number of allylic oxidation sites excluding steroid dienone is 2. The van der Waals surface area contributed by atoms with E-state index in [1.54, 1.807) is 0 Å². The molecule has 0 rings (SSSR count). The van der Waals surface area contributed by atoms with E-state index in [0.717, 1.165) is 11.2 Å². The first kappa shape index (κ1) is 14.5. The number of unbranched alkanes of at least 4 members (excludes halogenated alkanes) is 7. The molecule has 0 aromatic rings. The highest BCUT2D eigenvalue weighted by Crippen LogP contribution is 2.09. The van der Waals surface area contributed by atoms with Gasteiger partial charge in [0.2, 0.25) is 0 Å². The highest BCUT2D eigenvalue weighted by molar-refractivity contribution is 9.09. The highest BCUT2D eigenvalue weighted by atomic mass is 79.9. The largest absolute Gasteiger partial charge is 0.127 e. The Hall–Kier alpha value is 0.510. The van der Waals surface area contributed by atoms with E-state index in [1.165, 1.54) is 51.4 Å². The summed E-state index contributed by atoms with van der Waals surface area (Å²) in [6.07, 6.45) is 15.1. The monoisotopic (exact) mass is 280 g/mol. The summed E-state index contributed by atoms with van der Waals surface area (Å²) in [5.74, 6) is 0.831. The number of hydrogen-bond donors (Lipinski definition) is 0. The first-order valence-corrected chi connectivity index (χ1v) is 7.34. The maximum atomic E-state index is 5.60. The van der Waals surface area contributed by atoms with Gasteiger partial charge in [-0.3, -0.25) is 0 Å². The predicted molar refractivity (Wildman–Crippen MR) is 70.6 cm³/mol. The SMILES string of the molecule is ClCCCCCCCCCC=CCBr. The highest BCUT2D eigenvalue weighted by Gasteiger charge is 1.90. The van der Waals surface area contributed by atoms with Gasteiger partial charge in [-0.15, -0.1) is 11.6 Å². The van der Waals surface area contributed by atoms with E-state index in [2.05, 4.69) is 28.1 Å². The first-order chi connectivity index (χ1) is 6.91. The standard InChI is InChI=1S/C12H22BrCl/c13-11-9-7-5-3-1-2-4-6-8-10-12-14/h7,9H,1-6,8,10-12H2. The summed E-state index contributed by atoms with van der Waals surface area (Å²) in [6.45, 7) is 0. The Morgan fingerprint density at radius 1 is 0.786 bits per heavy atom. The van der Waals surface area contributed by atoms with Gasteiger partial charge in [0.15, 0.2) is 0 Å². The molecule has 0 aliphatic rings. The fourth-order valence-corrected chi connectivity index (χ4v) is 1.87. The Balaban J connectivity index is 2.88. The van der Waals surface area contributed by atoms with E-state index in [4.69, 9.17) is 11.6 Å². The van der Waals surface area contributed by atoms with Crippen molar-refractivity contribution < 1.29 is 0 Å². The van der Waals surface area contributed by atoms with E-state index in [9.17, 15) is 0 Å². The molecule has 0 spiro atoms. The lowest BCUT2D eigenvalue weighted by molar-refractivity contribution is 0.593. The quantitative estimate of drug-likeness (QED) is 0.290. The molecule has 0 saturated carbocycles. The maximum Gasteiger partial charge on any atom is 0.0223 e. The smallest absolute Gasteiger partial charge is 0.0223 e. The molecule has 0 aliphatic heterocycles. The zero-order valence-electron chi connectivity index (χ0n) is 8.98. The number of rotatable bonds is 10. The molecule has 0 amide bonds. The summed E-state index contributed by atoms with van der Waals surface area (Å²) < 4.78 is 0. The van der Waals surface area contributed by atoms with Crippen molar-refractivity contribution in [1.82, 2.24) is 0 Å². The van der Waals surface area contributed by atoms with Crippen LogP contribution in [0.3, 0.4) is 0 Å². The third kappa shape index (κ3) is 12.5. The molecule has 0 fully saturated rings. The minimum absolute atomic E-state index is 0.831. The summed E-state index contributed by atoms with van der Waals surface area (Å²) in [5.41, 5.74) is 0. The second kappa shape index (κ2) is 13.5. The van der Waals surface area contributed by atoms with E-state index >= 15 is 0 Å². The Labute approximate surface area is 102 Å². The van der Waals surface area contributed by atoms with Gasteiger partial charge >= 0.3 is 0 Å². The lowest BCUT2D eigenvalue weighted by atomic mass is 10.1. The molecule has 2 heteroatoms. The lowest BCUT2D eigenvalue weighted by Gasteiger charge is -1.99. The summed E-state index contributed by atoms with van der Waals surface area (Å²) in [7, 11) is 0. The molecule has 84 valence electrons. The molecular formula is C12H22BrCl. The van der Waals surface area contributed by atoms with Crippen LogP contribution in [0.2, 0.25) is 0 Å². The van der Waals surface area contributed by atoms with E-state index in [-0.39, 0.29) is 0 Å². The summed E-state index contributed by atoms with van der Waals surface area (Å²) in [5, 5.41) is 0.991. The fraction of sp³-hybridized carbons (Fsp3) is 0.833. The van der Waals surface area contributed by atoms with Crippen LogP contribution in [0.15, 0.2) is 12.2 Å². The second-order valence-corrected chi connectivity index (χ2v) is 4.60. The fourth-order valence-electron chi connectivity index (χ4n) is 1.42. The van der Waals surface area contributed by atoms with E-state index in [1.807, 2.05) is 0 Å². The lowest BCUT2D eigenvalue weighted by Crippen LogP contribution is -1.81. The minimum Gasteiger partial charge on any atom is -0.127 e. The van der Waals surface area contributed by atoms with Crippen molar-refractivity contribution in [3.63, 3.8) is 0 Å². The van der Waals surface area contributed by atoms with Crippen molar-refractivity contribution in [3.05, 3.63) is 12.2 Å². The van der Waals surface area contributed by atoms with Gasteiger partial charge in [0.05, 0.1) is 0 Å². The van der Waals surface area contributed by atoms with Crippen LogP contribution in [-0.4, -0.2) is 11.2 Å². The minimum atomic E-state index is 0.831. The average molecular weight is 282 g/mol. The van der Waals surface area contributed by atoms with Crippen LogP contribution < -0.4 is 0 Å². The third-order valence-electron chi connectivity index (χ3n) is 2.26. The molecule has 0 atom stereocenters. The Morgan fingerprint density at radius 3 is 1.93 bits per heavy atom. The van der Waals surface area contributed by atoms with Crippen molar-refractivity contribution in [2.24, 2.45) is 0 Å². The van der Waals surface area contributed by atoms with Gasteiger partial charge in [0, 0.05) is 11.2 Å².